The maximum atomic E-state index is 12.8. The first-order valence-electron chi connectivity index (χ1n) is 7.81. The van der Waals surface area contributed by atoms with Crippen LogP contribution in [0.2, 0.25) is 0 Å². The van der Waals surface area contributed by atoms with Crippen molar-refractivity contribution in [2.75, 3.05) is 10.6 Å². The number of benzene rings is 1. The molecule has 0 unspecified atom stereocenters. The van der Waals surface area contributed by atoms with E-state index in [2.05, 4.69) is 15.7 Å². The number of rotatable bonds is 3. The van der Waals surface area contributed by atoms with Crippen LogP contribution in [0.5, 0.6) is 5.75 Å². The molecule has 0 fully saturated rings. The number of para-hydroxylation sites is 2. The van der Waals surface area contributed by atoms with E-state index in [0.29, 0.717) is 29.4 Å². The van der Waals surface area contributed by atoms with Gasteiger partial charge in [-0.25, -0.2) is 0 Å². The van der Waals surface area contributed by atoms with Crippen molar-refractivity contribution in [2.24, 2.45) is 0 Å². The van der Waals surface area contributed by atoms with Crippen LogP contribution in [0.4, 0.5) is 11.4 Å². The lowest BCUT2D eigenvalue weighted by Crippen LogP contribution is -2.56. The molecule has 0 saturated carbocycles. The zero-order chi connectivity index (χ0) is 17.5. The Bertz CT molecular complexity index is 827. The summed E-state index contributed by atoms with van der Waals surface area (Å²) in [4.78, 5) is 25.2. The standard InChI is InChI=1S/C17H20N4O3/c1-5-21-11(3)14(10(2)20-21)19-16(23)17(4)15(22)18-12-8-6-7-9-13(12)24-17/h6-9H,5H2,1-4H3,(H,18,22)(H,19,23)/t17-/m0/s1. The molecule has 0 aliphatic carbocycles. The number of hydrogen-bond donors (Lipinski definition) is 2. The van der Waals surface area contributed by atoms with Crippen LogP contribution in [0.3, 0.4) is 0 Å². The fourth-order valence-corrected chi connectivity index (χ4v) is 2.73. The molecule has 1 aliphatic heterocycles. The molecule has 0 radical (unpaired) electrons. The minimum absolute atomic E-state index is 0.465. The van der Waals surface area contributed by atoms with E-state index in [1.54, 1.807) is 28.9 Å². The number of carbonyl (C=O) groups excluding carboxylic acids is 2. The second kappa shape index (κ2) is 5.67. The van der Waals surface area contributed by atoms with Crippen LogP contribution < -0.4 is 15.4 Å². The molecule has 2 aromatic rings. The van der Waals surface area contributed by atoms with Crippen molar-refractivity contribution >= 4 is 23.2 Å². The summed E-state index contributed by atoms with van der Waals surface area (Å²) in [6.45, 7) is 7.82. The molecule has 0 saturated heterocycles. The number of nitrogens with zero attached hydrogens (tertiary/aromatic N) is 2. The molecule has 2 amide bonds. The molecule has 0 bridgehead atoms. The number of nitrogens with one attached hydrogen (secondary N) is 2. The lowest BCUT2D eigenvalue weighted by Gasteiger charge is -2.33. The van der Waals surface area contributed by atoms with Crippen molar-refractivity contribution in [1.82, 2.24) is 9.78 Å². The van der Waals surface area contributed by atoms with Crippen molar-refractivity contribution in [3.63, 3.8) is 0 Å². The third-order valence-electron chi connectivity index (χ3n) is 4.24. The van der Waals surface area contributed by atoms with Gasteiger partial charge in [-0.15, -0.1) is 0 Å². The van der Waals surface area contributed by atoms with Gasteiger partial charge in [-0.3, -0.25) is 14.3 Å². The fraction of sp³-hybridized carbons (Fsp3) is 0.353. The molecule has 1 aromatic heterocycles. The van der Waals surface area contributed by atoms with Crippen LogP contribution in [0, 0.1) is 13.8 Å². The van der Waals surface area contributed by atoms with Gasteiger partial charge in [0.2, 0.25) is 0 Å². The summed E-state index contributed by atoms with van der Waals surface area (Å²) in [6, 6.07) is 7.02. The lowest BCUT2D eigenvalue weighted by molar-refractivity contribution is -0.143. The number of aromatic nitrogens is 2. The molecule has 24 heavy (non-hydrogen) atoms. The summed E-state index contributed by atoms with van der Waals surface area (Å²) in [5.41, 5.74) is 1.05. The van der Waals surface area contributed by atoms with Crippen molar-refractivity contribution in [1.29, 1.82) is 0 Å². The van der Waals surface area contributed by atoms with Gasteiger partial charge in [-0.05, 0) is 39.8 Å². The Morgan fingerprint density at radius 1 is 1.38 bits per heavy atom. The molecule has 1 aromatic carbocycles. The number of amides is 2. The van der Waals surface area contributed by atoms with Gasteiger partial charge in [0, 0.05) is 6.54 Å². The Morgan fingerprint density at radius 3 is 2.75 bits per heavy atom. The second-order valence-corrected chi connectivity index (χ2v) is 5.90. The van der Waals surface area contributed by atoms with Crippen LogP contribution in [-0.2, 0) is 16.1 Å². The molecular formula is C17H20N4O3. The maximum absolute atomic E-state index is 12.8. The number of hydrogen-bond acceptors (Lipinski definition) is 4. The van der Waals surface area contributed by atoms with Crippen LogP contribution in [0.1, 0.15) is 25.2 Å². The van der Waals surface area contributed by atoms with Gasteiger partial charge in [0.1, 0.15) is 5.75 Å². The summed E-state index contributed by atoms with van der Waals surface area (Å²) in [5.74, 6) is -0.569. The van der Waals surface area contributed by atoms with Gasteiger partial charge in [0.05, 0.1) is 22.8 Å². The number of fused-ring (bicyclic) bond motifs is 1. The Kier molecular flexibility index (Phi) is 3.79. The van der Waals surface area contributed by atoms with Crippen molar-refractivity contribution in [3.05, 3.63) is 35.7 Å². The number of carbonyl (C=O) groups is 2. The van der Waals surface area contributed by atoms with Crippen LogP contribution in [0.15, 0.2) is 24.3 Å². The van der Waals surface area contributed by atoms with Gasteiger partial charge in [-0.2, -0.15) is 5.10 Å². The Hall–Kier alpha value is -2.83. The Labute approximate surface area is 140 Å². The van der Waals surface area contributed by atoms with E-state index in [0.717, 1.165) is 5.69 Å². The zero-order valence-electron chi connectivity index (χ0n) is 14.1. The molecule has 7 nitrogen and oxygen atoms in total. The van der Waals surface area contributed by atoms with Crippen LogP contribution in [0.25, 0.3) is 0 Å². The topological polar surface area (TPSA) is 85.2 Å². The molecule has 0 spiro atoms. The average Bonchev–Trinajstić information content (AvgIpc) is 2.83. The minimum Gasteiger partial charge on any atom is -0.466 e. The van der Waals surface area contributed by atoms with E-state index in [-0.39, 0.29) is 0 Å². The fourth-order valence-electron chi connectivity index (χ4n) is 2.73. The summed E-state index contributed by atoms with van der Waals surface area (Å²) >= 11 is 0. The summed E-state index contributed by atoms with van der Waals surface area (Å²) < 4.78 is 7.52. The van der Waals surface area contributed by atoms with E-state index in [9.17, 15) is 9.59 Å². The molecule has 1 atom stereocenters. The lowest BCUT2D eigenvalue weighted by atomic mass is 10.0. The Morgan fingerprint density at radius 2 is 2.08 bits per heavy atom. The van der Waals surface area contributed by atoms with Gasteiger partial charge < -0.3 is 15.4 Å². The molecule has 7 heteroatoms. The largest absolute Gasteiger partial charge is 0.466 e. The molecule has 1 aliphatic rings. The summed E-state index contributed by atoms with van der Waals surface area (Å²) in [5, 5.41) is 9.88. The van der Waals surface area contributed by atoms with Gasteiger partial charge in [0.25, 0.3) is 17.4 Å². The molecule has 3 rings (SSSR count). The van der Waals surface area contributed by atoms with E-state index < -0.39 is 17.4 Å². The SMILES string of the molecule is CCn1nc(C)c(NC(=O)[C@@]2(C)Oc3ccccc3NC2=O)c1C. The van der Waals surface area contributed by atoms with Gasteiger partial charge in [0.15, 0.2) is 0 Å². The third-order valence-corrected chi connectivity index (χ3v) is 4.24. The highest BCUT2D eigenvalue weighted by Gasteiger charge is 2.47. The zero-order valence-corrected chi connectivity index (χ0v) is 14.1. The predicted molar refractivity (Wildman–Crippen MR) is 90.1 cm³/mol. The van der Waals surface area contributed by atoms with Crippen molar-refractivity contribution in [3.8, 4) is 5.75 Å². The van der Waals surface area contributed by atoms with Gasteiger partial charge >= 0.3 is 0 Å². The molecular weight excluding hydrogens is 308 g/mol. The first-order valence-corrected chi connectivity index (χ1v) is 7.81. The molecule has 2 N–H and O–H groups in total. The van der Waals surface area contributed by atoms with Crippen LogP contribution >= 0.6 is 0 Å². The van der Waals surface area contributed by atoms with Crippen molar-refractivity contribution in [2.45, 2.75) is 39.8 Å². The number of ether oxygens (including phenoxy) is 1. The normalized spacial score (nSPS) is 19.2. The molecule has 126 valence electrons. The van der Waals surface area contributed by atoms with Crippen LogP contribution in [-0.4, -0.2) is 27.2 Å². The first-order chi connectivity index (χ1) is 11.4. The average molecular weight is 328 g/mol. The van der Waals surface area contributed by atoms with Crippen molar-refractivity contribution < 1.29 is 14.3 Å². The van der Waals surface area contributed by atoms with E-state index in [1.807, 2.05) is 20.8 Å². The van der Waals surface area contributed by atoms with E-state index in [1.165, 1.54) is 6.92 Å². The smallest absolute Gasteiger partial charge is 0.278 e. The molecule has 2 heterocycles. The monoisotopic (exact) mass is 328 g/mol. The highest BCUT2D eigenvalue weighted by Crippen LogP contribution is 2.34. The summed E-state index contributed by atoms with van der Waals surface area (Å²) in [6.07, 6.45) is 0. The number of anilines is 2. The van der Waals surface area contributed by atoms with Gasteiger partial charge in [-0.1, -0.05) is 12.1 Å². The predicted octanol–water partition coefficient (Wildman–Crippen LogP) is 2.25. The maximum Gasteiger partial charge on any atom is 0.278 e. The first kappa shape index (κ1) is 16.0. The van der Waals surface area contributed by atoms with E-state index >= 15 is 0 Å². The highest BCUT2D eigenvalue weighted by atomic mass is 16.5. The minimum atomic E-state index is -1.65. The second-order valence-electron chi connectivity index (χ2n) is 5.90. The highest BCUT2D eigenvalue weighted by molar-refractivity contribution is 6.19. The quantitative estimate of drug-likeness (QED) is 0.846. The summed E-state index contributed by atoms with van der Waals surface area (Å²) in [7, 11) is 0. The Balaban J connectivity index is 1.90. The third kappa shape index (κ3) is 2.42. The van der Waals surface area contributed by atoms with E-state index in [4.69, 9.17) is 4.74 Å². The number of aryl methyl sites for hydroxylation is 2.